The third-order valence-electron chi connectivity index (χ3n) is 1.74. The van der Waals surface area contributed by atoms with Crippen LogP contribution in [-0.2, 0) is 0 Å². The molecule has 0 fully saturated rings. The number of alkyl halides is 1. The van der Waals surface area contributed by atoms with Crippen LogP contribution in [0.3, 0.4) is 0 Å². The molecule has 1 rings (SSSR count). The van der Waals surface area contributed by atoms with Crippen LogP contribution < -0.4 is 5.32 Å². The molecule has 0 aromatic heterocycles. The molecule has 0 unspecified atom stereocenters. The fourth-order valence-electron chi connectivity index (χ4n) is 1.15. The third kappa shape index (κ3) is 2.54. The maximum Gasteiger partial charge on any atom is 0.107 e. The van der Waals surface area contributed by atoms with Crippen LogP contribution in [0.1, 0.15) is 12.5 Å². The summed E-state index contributed by atoms with van der Waals surface area (Å²) in [5, 5.41) is 10.4. The van der Waals surface area contributed by atoms with Gasteiger partial charge in [-0.05, 0) is 13.0 Å². The molecule has 1 aromatic carbocycles. The minimum absolute atomic E-state index is 0.296. The first kappa shape index (κ1) is 9.71. The van der Waals surface area contributed by atoms with Gasteiger partial charge in [-0.15, -0.1) is 0 Å². The number of benzene rings is 1. The van der Waals surface area contributed by atoms with Crippen molar-refractivity contribution in [3.05, 3.63) is 29.8 Å². The van der Waals surface area contributed by atoms with E-state index in [9.17, 15) is 4.39 Å². The number of hydrogen-bond donors (Lipinski definition) is 2. The van der Waals surface area contributed by atoms with Gasteiger partial charge in [0.1, 0.15) is 6.67 Å². The largest absolute Gasteiger partial charge is 0.382 e. The molecule has 0 saturated carbocycles. The zero-order valence-electron chi connectivity index (χ0n) is 7.60. The van der Waals surface area contributed by atoms with Crippen molar-refractivity contribution in [3.63, 3.8) is 0 Å². The average Bonchev–Trinajstić information content (AvgIpc) is 2.15. The summed E-state index contributed by atoms with van der Waals surface area (Å²) in [6, 6.07) is 7.44. The molecule has 0 aliphatic carbocycles. The van der Waals surface area contributed by atoms with E-state index in [0.29, 0.717) is 12.3 Å². The molecule has 0 aliphatic rings. The lowest BCUT2D eigenvalue weighted by Crippen LogP contribution is -2.07. The molecule has 0 heterocycles. The summed E-state index contributed by atoms with van der Waals surface area (Å²) in [4.78, 5) is 0. The van der Waals surface area contributed by atoms with Gasteiger partial charge < -0.3 is 10.7 Å². The Morgan fingerprint density at radius 3 is 2.77 bits per heavy atom. The van der Waals surface area contributed by atoms with Gasteiger partial charge in [-0.3, -0.25) is 0 Å². The monoisotopic (exact) mass is 180 g/mol. The first-order valence-electron chi connectivity index (χ1n) is 4.20. The molecule has 0 aliphatic heterocycles. The Balaban J connectivity index is 2.84. The van der Waals surface area contributed by atoms with E-state index < -0.39 is 6.67 Å². The second-order valence-corrected chi connectivity index (χ2v) is 2.79. The smallest absolute Gasteiger partial charge is 0.107 e. The first-order valence-corrected chi connectivity index (χ1v) is 4.20. The standard InChI is InChI=1S/C10H13FN2/c1-8(12)9-4-2-3-5-10(9)13-7-6-11/h2-5,12-13H,6-7H2,1H3. The topological polar surface area (TPSA) is 35.9 Å². The fraction of sp³-hybridized carbons (Fsp3) is 0.300. The van der Waals surface area contributed by atoms with Gasteiger partial charge in [-0.2, -0.15) is 0 Å². The van der Waals surface area contributed by atoms with Crippen LogP contribution in [-0.4, -0.2) is 18.9 Å². The Morgan fingerprint density at radius 1 is 1.46 bits per heavy atom. The maximum absolute atomic E-state index is 11.9. The SMILES string of the molecule is CC(=N)c1ccccc1NCCF. The summed E-state index contributed by atoms with van der Waals surface area (Å²) in [6.07, 6.45) is 0. The van der Waals surface area contributed by atoms with Gasteiger partial charge in [-0.25, -0.2) is 4.39 Å². The van der Waals surface area contributed by atoms with Crippen molar-refractivity contribution in [2.45, 2.75) is 6.92 Å². The van der Waals surface area contributed by atoms with E-state index in [1.165, 1.54) is 0 Å². The molecule has 3 heteroatoms. The lowest BCUT2D eigenvalue weighted by Gasteiger charge is -2.08. The van der Waals surface area contributed by atoms with E-state index in [2.05, 4.69) is 5.32 Å². The van der Waals surface area contributed by atoms with E-state index >= 15 is 0 Å². The van der Waals surface area contributed by atoms with Crippen LogP contribution in [0.15, 0.2) is 24.3 Å². The number of rotatable bonds is 4. The van der Waals surface area contributed by atoms with Crippen molar-refractivity contribution in [1.82, 2.24) is 0 Å². The van der Waals surface area contributed by atoms with Gasteiger partial charge in [0, 0.05) is 23.5 Å². The van der Waals surface area contributed by atoms with Crippen molar-refractivity contribution in [2.75, 3.05) is 18.5 Å². The second kappa shape index (κ2) is 4.60. The van der Waals surface area contributed by atoms with E-state index in [4.69, 9.17) is 5.41 Å². The molecule has 2 N–H and O–H groups in total. The van der Waals surface area contributed by atoms with Crippen molar-refractivity contribution in [3.8, 4) is 0 Å². The highest BCUT2D eigenvalue weighted by Gasteiger charge is 2.01. The third-order valence-corrected chi connectivity index (χ3v) is 1.74. The zero-order chi connectivity index (χ0) is 9.68. The zero-order valence-corrected chi connectivity index (χ0v) is 7.60. The van der Waals surface area contributed by atoms with Crippen LogP contribution in [0.4, 0.5) is 10.1 Å². The molecule has 0 atom stereocenters. The Kier molecular flexibility index (Phi) is 3.43. The minimum Gasteiger partial charge on any atom is -0.382 e. The molecule has 1 aromatic rings. The first-order chi connectivity index (χ1) is 6.25. The predicted molar refractivity (Wildman–Crippen MR) is 53.4 cm³/mol. The lowest BCUT2D eigenvalue weighted by molar-refractivity contribution is 0.513. The van der Waals surface area contributed by atoms with Crippen molar-refractivity contribution >= 4 is 11.4 Å². The van der Waals surface area contributed by atoms with E-state index in [1.807, 2.05) is 24.3 Å². The van der Waals surface area contributed by atoms with Gasteiger partial charge in [0.25, 0.3) is 0 Å². The highest BCUT2D eigenvalue weighted by molar-refractivity contribution is 6.01. The summed E-state index contributed by atoms with van der Waals surface area (Å²) in [5.41, 5.74) is 2.14. The Morgan fingerprint density at radius 2 is 2.15 bits per heavy atom. The number of para-hydroxylation sites is 1. The Bertz CT molecular complexity index is 297. The quantitative estimate of drug-likeness (QED) is 0.686. The molecule has 13 heavy (non-hydrogen) atoms. The van der Waals surface area contributed by atoms with Crippen LogP contribution >= 0.6 is 0 Å². The second-order valence-electron chi connectivity index (χ2n) is 2.79. The molecule has 70 valence electrons. The maximum atomic E-state index is 11.9. The fourth-order valence-corrected chi connectivity index (χ4v) is 1.15. The summed E-state index contributed by atoms with van der Waals surface area (Å²) < 4.78 is 11.9. The molecule has 0 amide bonds. The molecular formula is C10H13FN2. The normalized spacial score (nSPS) is 9.69. The van der Waals surface area contributed by atoms with Gasteiger partial charge in [-0.1, -0.05) is 18.2 Å². The van der Waals surface area contributed by atoms with Crippen LogP contribution in [0, 0.1) is 5.41 Å². The van der Waals surface area contributed by atoms with Crippen LogP contribution in [0.25, 0.3) is 0 Å². The number of anilines is 1. The van der Waals surface area contributed by atoms with Gasteiger partial charge >= 0.3 is 0 Å². The van der Waals surface area contributed by atoms with Crippen molar-refractivity contribution in [2.24, 2.45) is 0 Å². The number of halogens is 1. The van der Waals surface area contributed by atoms with Crippen molar-refractivity contribution < 1.29 is 4.39 Å². The van der Waals surface area contributed by atoms with Gasteiger partial charge in [0.05, 0.1) is 0 Å². The number of hydrogen-bond acceptors (Lipinski definition) is 2. The summed E-state index contributed by atoms with van der Waals surface area (Å²) in [6.45, 7) is 1.62. The van der Waals surface area contributed by atoms with E-state index in [1.54, 1.807) is 6.92 Å². The highest BCUT2D eigenvalue weighted by Crippen LogP contribution is 2.14. The number of nitrogens with one attached hydrogen (secondary N) is 2. The summed E-state index contributed by atoms with van der Waals surface area (Å²) >= 11 is 0. The van der Waals surface area contributed by atoms with E-state index in [0.717, 1.165) is 11.3 Å². The molecule has 0 spiro atoms. The highest BCUT2D eigenvalue weighted by atomic mass is 19.1. The van der Waals surface area contributed by atoms with Crippen LogP contribution in [0.2, 0.25) is 0 Å². The van der Waals surface area contributed by atoms with E-state index in [-0.39, 0.29) is 0 Å². The Labute approximate surface area is 77.3 Å². The molecule has 0 saturated heterocycles. The molecule has 0 bridgehead atoms. The van der Waals surface area contributed by atoms with Gasteiger partial charge in [0.15, 0.2) is 0 Å². The minimum atomic E-state index is -0.397. The average molecular weight is 180 g/mol. The molecule has 2 nitrogen and oxygen atoms in total. The summed E-state index contributed by atoms with van der Waals surface area (Å²) in [5.74, 6) is 0. The van der Waals surface area contributed by atoms with Gasteiger partial charge in [0.2, 0.25) is 0 Å². The van der Waals surface area contributed by atoms with Crippen LogP contribution in [0.5, 0.6) is 0 Å². The Hall–Kier alpha value is -1.38. The summed E-state index contributed by atoms with van der Waals surface area (Å²) in [7, 11) is 0. The predicted octanol–water partition coefficient (Wildman–Crippen LogP) is 2.46. The molecular weight excluding hydrogens is 167 g/mol. The van der Waals surface area contributed by atoms with Crippen molar-refractivity contribution in [1.29, 1.82) is 5.41 Å². The molecule has 0 radical (unpaired) electrons. The lowest BCUT2D eigenvalue weighted by atomic mass is 10.1.